The fourth-order valence-corrected chi connectivity index (χ4v) is 1.98. The van der Waals surface area contributed by atoms with Crippen LogP contribution in [0.3, 0.4) is 0 Å². The van der Waals surface area contributed by atoms with Gasteiger partial charge < -0.3 is 15.2 Å². The minimum Gasteiger partial charge on any atom is -0.507 e. The number of carbonyl (C=O) groups excluding carboxylic acids is 1. The second kappa shape index (κ2) is 5.38. The monoisotopic (exact) mass is 255 g/mol. The summed E-state index contributed by atoms with van der Waals surface area (Å²) in [6, 6.07) is 4.41. The molecule has 1 aliphatic heterocycles. The molecular formula is C12H14ClNO3. The van der Waals surface area contributed by atoms with Crippen molar-refractivity contribution in [3.8, 4) is 5.75 Å². The van der Waals surface area contributed by atoms with Crippen LogP contribution in [-0.2, 0) is 4.74 Å². The van der Waals surface area contributed by atoms with Crippen molar-refractivity contribution in [2.45, 2.75) is 18.9 Å². The Morgan fingerprint density at radius 2 is 2.35 bits per heavy atom. The summed E-state index contributed by atoms with van der Waals surface area (Å²) in [5.74, 6) is -0.385. The minimum atomic E-state index is -0.319. The van der Waals surface area contributed by atoms with Gasteiger partial charge in [-0.3, -0.25) is 4.79 Å². The van der Waals surface area contributed by atoms with E-state index in [9.17, 15) is 9.90 Å². The number of hydrogen-bond acceptors (Lipinski definition) is 3. The first-order valence-corrected chi connectivity index (χ1v) is 5.92. The molecule has 0 spiro atoms. The number of nitrogens with one attached hydrogen (secondary N) is 1. The van der Waals surface area contributed by atoms with Gasteiger partial charge in [0.25, 0.3) is 5.91 Å². The molecule has 2 rings (SSSR count). The van der Waals surface area contributed by atoms with Crippen LogP contribution in [0, 0.1) is 0 Å². The largest absolute Gasteiger partial charge is 0.507 e. The molecule has 0 aliphatic carbocycles. The summed E-state index contributed by atoms with van der Waals surface area (Å²) in [6.45, 7) is 1.27. The highest BCUT2D eigenvalue weighted by molar-refractivity contribution is 6.31. The number of hydrogen-bond donors (Lipinski definition) is 2. The van der Waals surface area contributed by atoms with Crippen LogP contribution in [0.25, 0.3) is 0 Å². The van der Waals surface area contributed by atoms with Crippen molar-refractivity contribution in [3.63, 3.8) is 0 Å². The van der Waals surface area contributed by atoms with Gasteiger partial charge in [0.2, 0.25) is 0 Å². The van der Waals surface area contributed by atoms with Crippen LogP contribution in [0.2, 0.25) is 5.02 Å². The van der Waals surface area contributed by atoms with E-state index in [1.807, 2.05) is 0 Å². The number of aromatic hydroxyl groups is 1. The van der Waals surface area contributed by atoms with E-state index in [4.69, 9.17) is 16.3 Å². The second-order valence-electron chi connectivity index (χ2n) is 4.05. The highest BCUT2D eigenvalue weighted by Gasteiger charge is 2.19. The predicted molar refractivity (Wildman–Crippen MR) is 64.4 cm³/mol. The lowest BCUT2D eigenvalue weighted by molar-refractivity contribution is 0.0623. The number of halogens is 1. The molecule has 5 heteroatoms. The third-order valence-electron chi connectivity index (χ3n) is 2.70. The van der Waals surface area contributed by atoms with E-state index in [0.717, 1.165) is 19.4 Å². The van der Waals surface area contributed by atoms with Crippen molar-refractivity contribution in [2.24, 2.45) is 0 Å². The van der Waals surface area contributed by atoms with E-state index >= 15 is 0 Å². The van der Waals surface area contributed by atoms with E-state index in [2.05, 4.69) is 5.32 Å². The standard InChI is InChI=1S/C12H14ClNO3/c13-8-3-4-11(15)10(6-8)12(16)14-9-2-1-5-17-7-9/h3-4,6,9,15H,1-2,5,7H2,(H,14,16). The minimum absolute atomic E-state index is 0.00892. The average molecular weight is 256 g/mol. The molecule has 1 unspecified atom stereocenters. The van der Waals surface area contributed by atoms with Gasteiger partial charge in [-0.2, -0.15) is 0 Å². The number of rotatable bonds is 2. The molecule has 1 heterocycles. The Kier molecular flexibility index (Phi) is 3.86. The van der Waals surface area contributed by atoms with Crippen molar-refractivity contribution < 1.29 is 14.6 Å². The van der Waals surface area contributed by atoms with E-state index in [0.29, 0.717) is 11.6 Å². The van der Waals surface area contributed by atoms with Crippen LogP contribution in [0.4, 0.5) is 0 Å². The van der Waals surface area contributed by atoms with Gasteiger partial charge in [-0.05, 0) is 31.0 Å². The molecule has 1 saturated heterocycles. The quantitative estimate of drug-likeness (QED) is 0.849. The molecule has 17 heavy (non-hydrogen) atoms. The summed E-state index contributed by atoms with van der Waals surface area (Å²) in [4.78, 5) is 11.9. The Bertz CT molecular complexity index is 416. The maximum Gasteiger partial charge on any atom is 0.255 e. The van der Waals surface area contributed by atoms with Crippen molar-refractivity contribution in [1.29, 1.82) is 0 Å². The molecule has 1 aromatic rings. The predicted octanol–water partition coefficient (Wildman–Crippen LogP) is 1.95. The van der Waals surface area contributed by atoms with Crippen LogP contribution in [0.1, 0.15) is 23.2 Å². The van der Waals surface area contributed by atoms with Crippen LogP contribution >= 0.6 is 11.6 Å². The van der Waals surface area contributed by atoms with Crippen LogP contribution < -0.4 is 5.32 Å². The highest BCUT2D eigenvalue weighted by atomic mass is 35.5. The number of amides is 1. The summed E-state index contributed by atoms with van der Waals surface area (Å²) >= 11 is 5.79. The van der Waals surface area contributed by atoms with Gasteiger partial charge >= 0.3 is 0 Å². The molecule has 2 N–H and O–H groups in total. The second-order valence-corrected chi connectivity index (χ2v) is 4.49. The number of phenolic OH excluding ortho intramolecular Hbond substituents is 1. The lowest BCUT2D eigenvalue weighted by Crippen LogP contribution is -2.40. The molecule has 1 fully saturated rings. The van der Waals surface area contributed by atoms with Crippen LogP contribution in [0.15, 0.2) is 18.2 Å². The Labute approximate surface area is 105 Å². The normalized spacial score (nSPS) is 19.9. The maximum absolute atomic E-state index is 11.9. The maximum atomic E-state index is 11.9. The molecule has 4 nitrogen and oxygen atoms in total. The fourth-order valence-electron chi connectivity index (χ4n) is 1.81. The molecule has 1 aliphatic rings. The lowest BCUT2D eigenvalue weighted by atomic mass is 10.1. The zero-order chi connectivity index (χ0) is 12.3. The SMILES string of the molecule is O=C(NC1CCCOC1)c1cc(Cl)ccc1O. The van der Waals surface area contributed by atoms with E-state index < -0.39 is 0 Å². The van der Waals surface area contributed by atoms with Crippen molar-refractivity contribution >= 4 is 17.5 Å². The zero-order valence-electron chi connectivity index (χ0n) is 9.28. The van der Waals surface area contributed by atoms with E-state index in [1.54, 1.807) is 0 Å². The molecule has 92 valence electrons. The Hall–Kier alpha value is -1.26. The first kappa shape index (κ1) is 12.2. The number of carbonyl (C=O) groups is 1. The molecule has 1 aromatic carbocycles. The fraction of sp³-hybridized carbons (Fsp3) is 0.417. The molecular weight excluding hydrogens is 242 g/mol. The van der Waals surface area contributed by atoms with Crippen LogP contribution in [0.5, 0.6) is 5.75 Å². The van der Waals surface area contributed by atoms with Gasteiger partial charge in [0.1, 0.15) is 5.75 Å². The number of phenols is 1. The molecule has 0 saturated carbocycles. The molecule has 1 atom stereocenters. The summed E-state index contributed by atoms with van der Waals surface area (Å²) < 4.78 is 5.27. The highest BCUT2D eigenvalue weighted by Crippen LogP contribution is 2.21. The molecule has 0 radical (unpaired) electrons. The lowest BCUT2D eigenvalue weighted by Gasteiger charge is -2.23. The summed E-state index contributed by atoms with van der Waals surface area (Å²) in [5, 5.41) is 12.8. The molecule has 0 bridgehead atoms. The van der Waals surface area contributed by atoms with Gasteiger partial charge in [0, 0.05) is 11.6 Å². The smallest absolute Gasteiger partial charge is 0.255 e. The van der Waals surface area contributed by atoms with Crippen molar-refractivity contribution in [2.75, 3.05) is 13.2 Å². The molecule has 0 aromatic heterocycles. The first-order chi connectivity index (χ1) is 8.16. The zero-order valence-corrected chi connectivity index (χ0v) is 10.0. The van der Waals surface area contributed by atoms with E-state index in [-0.39, 0.29) is 23.3 Å². The third-order valence-corrected chi connectivity index (χ3v) is 2.93. The topological polar surface area (TPSA) is 58.6 Å². The van der Waals surface area contributed by atoms with Gasteiger partial charge in [0.05, 0.1) is 18.2 Å². The Morgan fingerprint density at radius 1 is 1.53 bits per heavy atom. The average Bonchev–Trinajstić information content (AvgIpc) is 2.33. The van der Waals surface area contributed by atoms with Crippen LogP contribution in [-0.4, -0.2) is 30.3 Å². The van der Waals surface area contributed by atoms with Crippen molar-refractivity contribution in [3.05, 3.63) is 28.8 Å². The van der Waals surface area contributed by atoms with Gasteiger partial charge in [-0.25, -0.2) is 0 Å². The van der Waals surface area contributed by atoms with Gasteiger partial charge in [-0.15, -0.1) is 0 Å². The molecule has 1 amide bonds. The summed E-state index contributed by atoms with van der Waals surface area (Å²) in [5.41, 5.74) is 0.197. The van der Waals surface area contributed by atoms with E-state index in [1.165, 1.54) is 18.2 Å². The third kappa shape index (κ3) is 3.11. The first-order valence-electron chi connectivity index (χ1n) is 5.54. The van der Waals surface area contributed by atoms with Gasteiger partial charge in [0.15, 0.2) is 0 Å². The van der Waals surface area contributed by atoms with Gasteiger partial charge in [-0.1, -0.05) is 11.6 Å². The summed E-state index contributed by atoms with van der Waals surface area (Å²) in [7, 11) is 0. The Balaban J connectivity index is 2.05. The van der Waals surface area contributed by atoms with Crippen molar-refractivity contribution in [1.82, 2.24) is 5.32 Å². The number of benzene rings is 1. The Morgan fingerprint density at radius 3 is 3.06 bits per heavy atom. The number of ether oxygens (including phenoxy) is 1. The summed E-state index contributed by atoms with van der Waals surface area (Å²) in [6.07, 6.45) is 1.83.